The highest BCUT2D eigenvalue weighted by molar-refractivity contribution is 5.93. The van der Waals surface area contributed by atoms with Crippen molar-refractivity contribution in [1.82, 2.24) is 4.90 Å². The lowest BCUT2D eigenvalue weighted by atomic mass is 10.2. The first-order valence-electron chi connectivity index (χ1n) is 7.62. The number of anilines is 1. The topological polar surface area (TPSA) is 70.7 Å². The Hall–Kier alpha value is -2.82. The van der Waals surface area contributed by atoms with Crippen LogP contribution in [0.3, 0.4) is 0 Å². The number of carbonyl (C=O) groups excluding carboxylic acids is 1. The zero-order valence-electron chi connectivity index (χ0n) is 13.3. The Labute approximate surface area is 136 Å². The summed E-state index contributed by atoms with van der Waals surface area (Å²) in [6, 6.07) is 19.4. The summed E-state index contributed by atoms with van der Waals surface area (Å²) in [5.41, 5.74) is 7.76. The fourth-order valence-electron chi connectivity index (χ4n) is 2.14. The molecular formula is C18H22N4O. The lowest BCUT2D eigenvalue weighted by molar-refractivity contribution is -0.130. The summed E-state index contributed by atoms with van der Waals surface area (Å²) in [6.45, 7) is 3.20. The van der Waals surface area contributed by atoms with Crippen LogP contribution in [0.2, 0.25) is 0 Å². The SMILES string of the molecule is CCN(Cc1ccccc1)C(=O)CN=C(N)Nc1ccccc1. The number of hydrogen-bond donors (Lipinski definition) is 2. The highest BCUT2D eigenvalue weighted by atomic mass is 16.2. The molecule has 0 aliphatic heterocycles. The zero-order chi connectivity index (χ0) is 16.5. The largest absolute Gasteiger partial charge is 0.370 e. The van der Waals surface area contributed by atoms with Gasteiger partial charge in [0.1, 0.15) is 6.54 Å². The number of nitrogens with zero attached hydrogens (tertiary/aromatic N) is 2. The summed E-state index contributed by atoms with van der Waals surface area (Å²) < 4.78 is 0. The zero-order valence-corrected chi connectivity index (χ0v) is 13.3. The number of guanidine groups is 1. The van der Waals surface area contributed by atoms with Crippen LogP contribution in [-0.4, -0.2) is 29.9 Å². The van der Waals surface area contributed by atoms with Crippen molar-refractivity contribution in [2.75, 3.05) is 18.4 Å². The van der Waals surface area contributed by atoms with Gasteiger partial charge in [0.25, 0.3) is 0 Å². The van der Waals surface area contributed by atoms with Crippen LogP contribution in [0.4, 0.5) is 5.69 Å². The van der Waals surface area contributed by atoms with E-state index in [1.807, 2.05) is 67.6 Å². The fourth-order valence-corrected chi connectivity index (χ4v) is 2.14. The second-order valence-corrected chi connectivity index (χ2v) is 5.09. The minimum absolute atomic E-state index is 0.0341. The number of carbonyl (C=O) groups is 1. The van der Waals surface area contributed by atoms with E-state index in [2.05, 4.69) is 10.3 Å². The molecule has 120 valence electrons. The molecule has 0 aliphatic carbocycles. The number of nitrogens with one attached hydrogen (secondary N) is 1. The Morgan fingerprint density at radius 2 is 1.70 bits per heavy atom. The average molecular weight is 310 g/mol. The average Bonchev–Trinajstić information content (AvgIpc) is 2.59. The molecule has 5 heteroatoms. The van der Waals surface area contributed by atoms with Gasteiger partial charge >= 0.3 is 0 Å². The van der Waals surface area contributed by atoms with Crippen molar-refractivity contribution >= 4 is 17.6 Å². The number of rotatable bonds is 6. The molecule has 0 aromatic heterocycles. The lowest BCUT2D eigenvalue weighted by Crippen LogP contribution is -2.33. The van der Waals surface area contributed by atoms with E-state index in [1.165, 1.54) is 0 Å². The Morgan fingerprint density at radius 3 is 2.30 bits per heavy atom. The molecule has 0 unspecified atom stereocenters. The molecule has 2 aromatic carbocycles. The van der Waals surface area contributed by atoms with Crippen molar-refractivity contribution in [3.05, 3.63) is 66.2 Å². The van der Waals surface area contributed by atoms with Gasteiger partial charge in [-0.05, 0) is 24.6 Å². The van der Waals surface area contributed by atoms with Gasteiger partial charge in [0.2, 0.25) is 5.91 Å². The summed E-state index contributed by atoms with van der Waals surface area (Å²) in [6.07, 6.45) is 0. The Kier molecular flexibility index (Phi) is 6.17. The molecule has 0 aliphatic rings. The van der Waals surface area contributed by atoms with Crippen molar-refractivity contribution in [3.63, 3.8) is 0 Å². The van der Waals surface area contributed by atoms with Gasteiger partial charge < -0.3 is 16.0 Å². The van der Waals surface area contributed by atoms with Gasteiger partial charge in [-0.15, -0.1) is 0 Å². The second kappa shape index (κ2) is 8.58. The quantitative estimate of drug-likeness (QED) is 0.636. The molecule has 2 aromatic rings. The summed E-state index contributed by atoms with van der Waals surface area (Å²) in [5, 5.41) is 2.96. The van der Waals surface area contributed by atoms with Gasteiger partial charge in [-0.1, -0.05) is 48.5 Å². The van der Waals surface area contributed by atoms with Crippen molar-refractivity contribution in [2.45, 2.75) is 13.5 Å². The molecule has 0 fully saturated rings. The number of para-hydroxylation sites is 1. The van der Waals surface area contributed by atoms with Crippen LogP contribution in [0.15, 0.2) is 65.7 Å². The van der Waals surface area contributed by atoms with Gasteiger partial charge in [0.15, 0.2) is 5.96 Å². The van der Waals surface area contributed by atoms with Crippen molar-refractivity contribution in [1.29, 1.82) is 0 Å². The van der Waals surface area contributed by atoms with Crippen molar-refractivity contribution in [3.8, 4) is 0 Å². The monoisotopic (exact) mass is 310 g/mol. The minimum atomic E-state index is -0.0471. The van der Waals surface area contributed by atoms with Crippen molar-refractivity contribution < 1.29 is 4.79 Å². The maximum Gasteiger partial charge on any atom is 0.244 e. The molecule has 5 nitrogen and oxygen atoms in total. The minimum Gasteiger partial charge on any atom is -0.370 e. The van der Waals surface area contributed by atoms with E-state index in [0.29, 0.717) is 13.1 Å². The standard InChI is InChI=1S/C18H22N4O/c1-2-22(14-15-9-5-3-6-10-15)17(23)13-20-18(19)21-16-11-7-4-8-12-16/h3-12H,2,13-14H2,1H3,(H3,19,20,21). The molecule has 1 amide bonds. The van der Waals surface area contributed by atoms with Crippen LogP contribution in [-0.2, 0) is 11.3 Å². The molecule has 0 saturated carbocycles. The molecule has 2 rings (SSSR count). The van der Waals surface area contributed by atoms with E-state index in [1.54, 1.807) is 4.90 Å². The number of nitrogens with two attached hydrogens (primary N) is 1. The van der Waals surface area contributed by atoms with E-state index in [4.69, 9.17) is 5.73 Å². The smallest absolute Gasteiger partial charge is 0.244 e. The fraction of sp³-hybridized carbons (Fsp3) is 0.222. The summed E-state index contributed by atoms with van der Waals surface area (Å²) in [4.78, 5) is 18.2. The molecule has 0 radical (unpaired) electrons. The predicted molar refractivity (Wildman–Crippen MR) is 94.1 cm³/mol. The second-order valence-electron chi connectivity index (χ2n) is 5.09. The van der Waals surface area contributed by atoms with Crippen LogP contribution in [0.25, 0.3) is 0 Å². The van der Waals surface area contributed by atoms with Gasteiger partial charge in [-0.25, -0.2) is 4.99 Å². The molecule has 0 heterocycles. The molecule has 0 spiro atoms. The lowest BCUT2D eigenvalue weighted by Gasteiger charge is -2.20. The number of benzene rings is 2. The molecular weight excluding hydrogens is 288 g/mol. The van der Waals surface area contributed by atoms with Gasteiger partial charge in [-0.3, -0.25) is 4.79 Å². The van der Waals surface area contributed by atoms with Crippen LogP contribution in [0, 0.1) is 0 Å². The Balaban J connectivity index is 1.90. The van der Waals surface area contributed by atoms with E-state index >= 15 is 0 Å². The normalized spacial score (nSPS) is 11.1. The number of hydrogen-bond acceptors (Lipinski definition) is 2. The Morgan fingerprint density at radius 1 is 1.09 bits per heavy atom. The Bertz CT molecular complexity index is 641. The number of aliphatic imine (C=N–C) groups is 1. The molecule has 0 saturated heterocycles. The van der Waals surface area contributed by atoms with Gasteiger partial charge in [0.05, 0.1) is 0 Å². The van der Waals surface area contributed by atoms with Crippen molar-refractivity contribution in [2.24, 2.45) is 10.7 Å². The van der Waals surface area contributed by atoms with E-state index in [9.17, 15) is 4.79 Å². The first kappa shape index (κ1) is 16.5. The highest BCUT2D eigenvalue weighted by Crippen LogP contribution is 2.06. The van der Waals surface area contributed by atoms with Gasteiger partial charge in [0, 0.05) is 18.8 Å². The maximum absolute atomic E-state index is 12.3. The highest BCUT2D eigenvalue weighted by Gasteiger charge is 2.11. The predicted octanol–water partition coefficient (Wildman–Crippen LogP) is 2.46. The number of amides is 1. The molecule has 3 N–H and O–H groups in total. The maximum atomic E-state index is 12.3. The van der Waals surface area contributed by atoms with Gasteiger partial charge in [-0.2, -0.15) is 0 Å². The third kappa shape index (κ3) is 5.47. The molecule has 0 atom stereocenters. The first-order valence-corrected chi connectivity index (χ1v) is 7.62. The van der Waals surface area contributed by atoms with Crippen LogP contribution >= 0.6 is 0 Å². The van der Waals surface area contributed by atoms with Crippen LogP contribution in [0.5, 0.6) is 0 Å². The molecule has 23 heavy (non-hydrogen) atoms. The first-order chi connectivity index (χ1) is 11.2. The van der Waals surface area contributed by atoms with E-state index in [-0.39, 0.29) is 18.4 Å². The number of likely N-dealkylation sites (N-methyl/N-ethyl adjacent to an activating group) is 1. The van der Waals surface area contributed by atoms with Crippen LogP contribution < -0.4 is 11.1 Å². The third-order valence-corrected chi connectivity index (χ3v) is 3.38. The third-order valence-electron chi connectivity index (χ3n) is 3.38. The van der Waals surface area contributed by atoms with E-state index in [0.717, 1.165) is 11.3 Å². The van der Waals surface area contributed by atoms with E-state index < -0.39 is 0 Å². The van der Waals surface area contributed by atoms with Crippen LogP contribution in [0.1, 0.15) is 12.5 Å². The summed E-state index contributed by atoms with van der Waals surface area (Å²) >= 11 is 0. The summed E-state index contributed by atoms with van der Waals surface area (Å²) in [5.74, 6) is 0.189. The molecule has 0 bridgehead atoms. The summed E-state index contributed by atoms with van der Waals surface area (Å²) in [7, 11) is 0.